The molecule has 14 heavy (non-hydrogen) atoms. The van der Waals surface area contributed by atoms with Crippen molar-refractivity contribution in [3.63, 3.8) is 0 Å². The van der Waals surface area contributed by atoms with Gasteiger partial charge in [-0.2, -0.15) is 0 Å². The first kappa shape index (κ1) is 13.1. The van der Waals surface area contributed by atoms with Crippen LogP contribution < -0.4 is 5.48 Å². The second-order valence-corrected chi connectivity index (χ2v) is 4.43. The lowest BCUT2D eigenvalue weighted by atomic mass is 10.3. The quantitative estimate of drug-likeness (QED) is 0.297. The van der Waals surface area contributed by atoms with E-state index in [1.54, 1.807) is 6.92 Å². The maximum Gasteiger partial charge on any atom is 0.269 e. The van der Waals surface area contributed by atoms with E-state index in [2.05, 4.69) is 33.2 Å². The largest absolute Gasteiger partial charge is 0.331 e. The molecule has 0 bridgehead atoms. The summed E-state index contributed by atoms with van der Waals surface area (Å²) < 4.78 is 0.901. The summed E-state index contributed by atoms with van der Waals surface area (Å²) in [6.07, 6.45) is 0.917. The van der Waals surface area contributed by atoms with Crippen LogP contribution in [-0.2, 0) is 9.63 Å². The fraction of sp³-hybridized carbons (Fsp3) is 0.700. The summed E-state index contributed by atoms with van der Waals surface area (Å²) in [5.74, 6) is -0.254. The topological polar surface area (TPSA) is 38.3 Å². The molecule has 0 aromatic heterocycles. The smallest absolute Gasteiger partial charge is 0.269 e. The van der Waals surface area contributed by atoms with Gasteiger partial charge in [0.25, 0.3) is 5.91 Å². The predicted octanol–water partition coefficient (Wildman–Crippen LogP) is 0.707. The van der Waals surface area contributed by atoms with Gasteiger partial charge in [0.1, 0.15) is 0 Å². The van der Waals surface area contributed by atoms with E-state index in [0.29, 0.717) is 12.2 Å². The number of carbonyl (C=O) groups excluding carboxylic acids is 1. The van der Waals surface area contributed by atoms with Crippen molar-refractivity contribution < 1.29 is 14.1 Å². The third-order valence-corrected chi connectivity index (χ3v) is 1.63. The first-order valence-electron chi connectivity index (χ1n) is 4.71. The van der Waals surface area contributed by atoms with Gasteiger partial charge in [-0.25, -0.2) is 5.48 Å². The Balaban J connectivity index is 3.39. The maximum atomic E-state index is 11.0. The highest BCUT2D eigenvalue weighted by atomic mass is 16.6. The molecule has 0 saturated heterocycles. The molecule has 4 heteroatoms. The van der Waals surface area contributed by atoms with Gasteiger partial charge in [-0.3, -0.25) is 9.63 Å². The molecule has 0 aromatic rings. The average Bonchev–Trinajstić information content (AvgIpc) is 2.01. The zero-order chi connectivity index (χ0) is 11.2. The lowest BCUT2D eigenvalue weighted by Gasteiger charge is -2.23. The molecule has 0 fully saturated rings. The Morgan fingerprint density at radius 3 is 2.43 bits per heavy atom. The van der Waals surface area contributed by atoms with Crippen molar-refractivity contribution in [1.82, 2.24) is 5.48 Å². The molecule has 0 aliphatic rings. The number of carbonyl (C=O) groups is 1. The van der Waals surface area contributed by atoms with Gasteiger partial charge in [0.15, 0.2) is 0 Å². The number of nitrogens with one attached hydrogen (secondary N) is 1. The second kappa shape index (κ2) is 5.78. The van der Waals surface area contributed by atoms with Crippen molar-refractivity contribution in [2.75, 3.05) is 34.3 Å². The van der Waals surface area contributed by atoms with E-state index in [0.717, 1.165) is 17.4 Å². The Kier molecular flexibility index (Phi) is 5.42. The normalized spacial score (nSPS) is 11.1. The Morgan fingerprint density at radius 1 is 1.43 bits per heavy atom. The molecule has 0 aromatic carbocycles. The maximum absolute atomic E-state index is 11.0. The first-order chi connectivity index (χ1) is 6.33. The monoisotopic (exact) mass is 201 g/mol. The lowest BCUT2D eigenvalue weighted by molar-refractivity contribution is -0.870. The third kappa shape index (κ3) is 7.76. The zero-order valence-corrected chi connectivity index (χ0v) is 9.59. The van der Waals surface area contributed by atoms with Crippen molar-refractivity contribution in [3.8, 4) is 0 Å². The molecule has 0 saturated carbocycles. The Hall–Kier alpha value is -0.870. The highest BCUT2D eigenvalue weighted by Crippen LogP contribution is 1.93. The van der Waals surface area contributed by atoms with Crippen LogP contribution in [0.15, 0.2) is 12.2 Å². The first-order valence-corrected chi connectivity index (χ1v) is 4.71. The number of hydrogen-bond acceptors (Lipinski definition) is 2. The average molecular weight is 201 g/mol. The predicted molar refractivity (Wildman–Crippen MR) is 56.4 cm³/mol. The standard InChI is InChI=1S/C10H20N2O2/c1-9(2)10(13)11-14-8-6-7-12(3,4)5/h1,6-8H2,2-5H3/p+1. The molecule has 0 atom stereocenters. The number of hydrogen-bond donors (Lipinski definition) is 1. The Labute approximate surface area is 86.1 Å². The van der Waals surface area contributed by atoms with Crippen molar-refractivity contribution in [2.24, 2.45) is 0 Å². The second-order valence-electron chi connectivity index (χ2n) is 4.43. The van der Waals surface area contributed by atoms with Crippen LogP contribution in [0, 0.1) is 0 Å². The van der Waals surface area contributed by atoms with E-state index >= 15 is 0 Å². The molecule has 0 rings (SSSR count). The molecule has 82 valence electrons. The summed E-state index contributed by atoms with van der Waals surface area (Å²) in [5, 5.41) is 0. The van der Waals surface area contributed by atoms with Crippen LogP contribution in [0.2, 0.25) is 0 Å². The molecule has 1 amide bonds. The number of rotatable bonds is 6. The fourth-order valence-electron chi connectivity index (χ4n) is 0.815. The summed E-state index contributed by atoms with van der Waals surface area (Å²) in [4.78, 5) is 15.9. The summed E-state index contributed by atoms with van der Waals surface area (Å²) in [7, 11) is 6.35. The van der Waals surface area contributed by atoms with E-state index in [9.17, 15) is 4.79 Å². The number of amides is 1. The van der Waals surface area contributed by atoms with Gasteiger partial charge >= 0.3 is 0 Å². The van der Waals surface area contributed by atoms with Gasteiger partial charge in [0.2, 0.25) is 0 Å². The van der Waals surface area contributed by atoms with Crippen LogP contribution in [-0.4, -0.2) is 44.7 Å². The van der Waals surface area contributed by atoms with Crippen LogP contribution in [0.1, 0.15) is 13.3 Å². The number of nitrogens with zero attached hydrogens (tertiary/aromatic N) is 1. The summed E-state index contributed by atoms with van der Waals surface area (Å²) in [6.45, 7) is 6.69. The Bertz CT molecular complexity index is 207. The highest BCUT2D eigenvalue weighted by molar-refractivity contribution is 5.91. The van der Waals surface area contributed by atoms with Crippen LogP contribution in [0.3, 0.4) is 0 Å². The minimum Gasteiger partial charge on any atom is -0.331 e. The van der Waals surface area contributed by atoms with E-state index in [1.165, 1.54) is 0 Å². The highest BCUT2D eigenvalue weighted by Gasteiger charge is 2.06. The molecule has 0 heterocycles. The summed E-state index contributed by atoms with van der Waals surface area (Å²) >= 11 is 0. The minimum atomic E-state index is -0.254. The zero-order valence-electron chi connectivity index (χ0n) is 9.59. The molecule has 4 nitrogen and oxygen atoms in total. The molecule has 0 aliphatic heterocycles. The summed E-state index contributed by atoms with van der Waals surface area (Å²) in [6, 6.07) is 0. The molecule has 1 N–H and O–H groups in total. The van der Waals surface area contributed by atoms with Gasteiger partial charge in [-0.1, -0.05) is 6.58 Å². The molecular weight excluding hydrogens is 180 g/mol. The number of quaternary nitrogens is 1. The summed E-state index contributed by atoms with van der Waals surface area (Å²) in [5.41, 5.74) is 2.78. The van der Waals surface area contributed by atoms with E-state index in [1.807, 2.05) is 0 Å². The van der Waals surface area contributed by atoms with Gasteiger partial charge < -0.3 is 4.48 Å². The lowest BCUT2D eigenvalue weighted by Crippen LogP contribution is -2.36. The van der Waals surface area contributed by atoms with E-state index in [-0.39, 0.29) is 5.91 Å². The van der Waals surface area contributed by atoms with Crippen LogP contribution in [0.5, 0.6) is 0 Å². The molecule has 0 spiro atoms. The van der Waals surface area contributed by atoms with Crippen molar-refractivity contribution in [3.05, 3.63) is 12.2 Å². The van der Waals surface area contributed by atoms with E-state index < -0.39 is 0 Å². The molecular formula is C10H21N2O2+. The van der Waals surface area contributed by atoms with Gasteiger partial charge in [0.05, 0.1) is 34.3 Å². The van der Waals surface area contributed by atoms with Crippen molar-refractivity contribution in [1.29, 1.82) is 0 Å². The van der Waals surface area contributed by atoms with Crippen LogP contribution >= 0.6 is 0 Å². The van der Waals surface area contributed by atoms with Crippen LogP contribution in [0.4, 0.5) is 0 Å². The molecule has 0 aliphatic carbocycles. The molecule has 0 unspecified atom stereocenters. The van der Waals surface area contributed by atoms with Crippen LogP contribution in [0.25, 0.3) is 0 Å². The van der Waals surface area contributed by atoms with E-state index in [4.69, 9.17) is 4.84 Å². The van der Waals surface area contributed by atoms with Crippen molar-refractivity contribution >= 4 is 5.91 Å². The van der Waals surface area contributed by atoms with Gasteiger partial charge in [0, 0.05) is 12.0 Å². The third-order valence-electron chi connectivity index (χ3n) is 1.63. The Morgan fingerprint density at radius 2 is 2.00 bits per heavy atom. The fourth-order valence-corrected chi connectivity index (χ4v) is 0.815. The van der Waals surface area contributed by atoms with Gasteiger partial charge in [-0.05, 0) is 6.92 Å². The minimum absolute atomic E-state index is 0.254. The SMILES string of the molecule is C=C(C)C(=O)NOCCC[N+](C)(C)C. The van der Waals surface area contributed by atoms with Crippen molar-refractivity contribution in [2.45, 2.75) is 13.3 Å². The molecule has 0 radical (unpaired) electrons. The van der Waals surface area contributed by atoms with Gasteiger partial charge in [-0.15, -0.1) is 0 Å². The number of hydroxylamine groups is 1.